The molecule has 0 unspecified atom stereocenters. The maximum Gasteiger partial charge on any atom is 0.409 e. The number of carbonyl (C=O) groups excluding carboxylic acids is 1. The van der Waals surface area contributed by atoms with E-state index in [4.69, 9.17) is 10.5 Å². The molecule has 132 valence electrons. The lowest BCUT2D eigenvalue weighted by Crippen LogP contribution is -2.48. The van der Waals surface area contributed by atoms with Gasteiger partial charge in [0.15, 0.2) is 5.96 Å². The van der Waals surface area contributed by atoms with E-state index in [-0.39, 0.29) is 12.1 Å². The van der Waals surface area contributed by atoms with Crippen LogP contribution in [0.4, 0.5) is 4.79 Å². The van der Waals surface area contributed by atoms with E-state index in [1.54, 1.807) is 4.90 Å². The van der Waals surface area contributed by atoms with Crippen molar-refractivity contribution in [1.29, 1.82) is 0 Å². The first-order valence-electron chi connectivity index (χ1n) is 8.62. The van der Waals surface area contributed by atoms with Crippen molar-refractivity contribution in [3.8, 4) is 0 Å². The average Bonchev–Trinajstić information content (AvgIpc) is 2.56. The van der Waals surface area contributed by atoms with E-state index in [1.807, 2.05) is 6.92 Å². The molecular weight excluding hydrogens is 304 g/mol. The summed E-state index contributed by atoms with van der Waals surface area (Å²) in [6.45, 7) is 6.37. The maximum absolute atomic E-state index is 11.7. The first kappa shape index (κ1) is 18.1. The van der Waals surface area contributed by atoms with E-state index in [0.717, 1.165) is 19.3 Å². The van der Waals surface area contributed by atoms with Crippen LogP contribution in [-0.4, -0.2) is 49.2 Å². The van der Waals surface area contributed by atoms with E-state index in [0.29, 0.717) is 32.2 Å². The normalized spacial score (nSPS) is 16.1. The number of aliphatic imine (C=N–C) groups is 1. The summed E-state index contributed by atoms with van der Waals surface area (Å²) in [5.74, 6) is 0.484. The van der Waals surface area contributed by atoms with Gasteiger partial charge in [-0.2, -0.15) is 0 Å². The standard InChI is InChI=1S/C18H28N4O2/c1-3-24-18(23)22-11-8-16(9-12-22)21-17(19)20-10-7-15-6-4-5-14(2)13-15/h4-6,13,16H,3,7-12H2,1-2H3,(H3,19,20,21). The Bertz CT molecular complexity index is 566. The number of hydrogen-bond acceptors (Lipinski definition) is 3. The summed E-state index contributed by atoms with van der Waals surface area (Å²) in [5, 5.41) is 3.26. The number of nitrogens with two attached hydrogens (primary N) is 1. The van der Waals surface area contributed by atoms with Gasteiger partial charge in [-0.25, -0.2) is 4.79 Å². The molecule has 24 heavy (non-hydrogen) atoms. The van der Waals surface area contributed by atoms with Gasteiger partial charge in [0.05, 0.1) is 6.61 Å². The van der Waals surface area contributed by atoms with Crippen LogP contribution in [-0.2, 0) is 11.2 Å². The van der Waals surface area contributed by atoms with Gasteiger partial charge in [-0.05, 0) is 38.7 Å². The van der Waals surface area contributed by atoms with Crippen LogP contribution in [0.15, 0.2) is 29.3 Å². The lowest BCUT2D eigenvalue weighted by molar-refractivity contribution is 0.0963. The molecule has 2 rings (SSSR count). The second kappa shape index (κ2) is 9.15. The Morgan fingerprint density at radius 2 is 2.17 bits per heavy atom. The van der Waals surface area contributed by atoms with Crippen molar-refractivity contribution >= 4 is 12.1 Å². The number of likely N-dealkylation sites (tertiary alicyclic amines) is 1. The van der Waals surface area contributed by atoms with Crippen molar-refractivity contribution in [3.05, 3.63) is 35.4 Å². The number of aryl methyl sites for hydroxylation is 1. The second-order valence-electron chi connectivity index (χ2n) is 6.11. The summed E-state index contributed by atoms with van der Waals surface area (Å²) in [5.41, 5.74) is 8.51. The zero-order chi connectivity index (χ0) is 17.4. The van der Waals surface area contributed by atoms with Gasteiger partial charge in [0.1, 0.15) is 0 Å². The summed E-state index contributed by atoms with van der Waals surface area (Å²) >= 11 is 0. The van der Waals surface area contributed by atoms with Crippen molar-refractivity contribution in [3.63, 3.8) is 0 Å². The van der Waals surface area contributed by atoms with Gasteiger partial charge in [-0.3, -0.25) is 4.99 Å². The number of amides is 1. The van der Waals surface area contributed by atoms with Crippen molar-refractivity contribution in [1.82, 2.24) is 10.2 Å². The zero-order valence-electron chi connectivity index (χ0n) is 14.6. The number of benzene rings is 1. The van der Waals surface area contributed by atoms with Gasteiger partial charge < -0.3 is 20.7 Å². The molecule has 1 aliphatic heterocycles. The highest BCUT2D eigenvalue weighted by molar-refractivity contribution is 5.78. The van der Waals surface area contributed by atoms with Crippen LogP contribution in [0.1, 0.15) is 30.9 Å². The van der Waals surface area contributed by atoms with Gasteiger partial charge >= 0.3 is 6.09 Å². The highest BCUT2D eigenvalue weighted by Crippen LogP contribution is 2.11. The SMILES string of the molecule is CCOC(=O)N1CCC(NC(N)=NCCc2cccc(C)c2)CC1. The smallest absolute Gasteiger partial charge is 0.409 e. The summed E-state index contributed by atoms with van der Waals surface area (Å²) in [7, 11) is 0. The number of ether oxygens (including phenoxy) is 1. The number of hydrogen-bond donors (Lipinski definition) is 2. The van der Waals surface area contributed by atoms with Crippen LogP contribution in [0.2, 0.25) is 0 Å². The Labute approximate surface area is 144 Å². The van der Waals surface area contributed by atoms with E-state index in [9.17, 15) is 4.79 Å². The van der Waals surface area contributed by atoms with Crippen molar-refractivity contribution < 1.29 is 9.53 Å². The largest absolute Gasteiger partial charge is 0.450 e. The van der Waals surface area contributed by atoms with Crippen LogP contribution in [0, 0.1) is 6.92 Å². The van der Waals surface area contributed by atoms with Crippen LogP contribution in [0.5, 0.6) is 0 Å². The molecule has 1 aliphatic rings. The molecule has 0 saturated carbocycles. The molecule has 1 fully saturated rings. The number of nitrogens with zero attached hydrogens (tertiary/aromatic N) is 2. The molecule has 0 aliphatic carbocycles. The highest BCUT2D eigenvalue weighted by Gasteiger charge is 2.23. The lowest BCUT2D eigenvalue weighted by Gasteiger charge is -2.31. The van der Waals surface area contributed by atoms with Crippen LogP contribution in [0.3, 0.4) is 0 Å². The van der Waals surface area contributed by atoms with Crippen molar-refractivity contribution in [2.24, 2.45) is 10.7 Å². The molecule has 6 nitrogen and oxygen atoms in total. The Morgan fingerprint density at radius 1 is 1.42 bits per heavy atom. The maximum atomic E-state index is 11.7. The topological polar surface area (TPSA) is 80.0 Å². The summed E-state index contributed by atoms with van der Waals surface area (Å²) < 4.78 is 5.02. The minimum Gasteiger partial charge on any atom is -0.450 e. The first-order valence-corrected chi connectivity index (χ1v) is 8.62. The molecule has 0 spiro atoms. The molecule has 0 aromatic heterocycles. The van der Waals surface area contributed by atoms with Gasteiger partial charge in [-0.15, -0.1) is 0 Å². The summed E-state index contributed by atoms with van der Waals surface area (Å²) in [6, 6.07) is 8.69. The third kappa shape index (κ3) is 5.76. The Hall–Kier alpha value is -2.24. The average molecular weight is 332 g/mol. The van der Waals surface area contributed by atoms with Crippen LogP contribution >= 0.6 is 0 Å². The van der Waals surface area contributed by atoms with Crippen LogP contribution in [0.25, 0.3) is 0 Å². The predicted octanol–water partition coefficient (Wildman–Crippen LogP) is 2.06. The minimum absolute atomic E-state index is 0.226. The van der Waals surface area contributed by atoms with Crippen molar-refractivity contribution in [2.45, 2.75) is 39.2 Å². The molecule has 1 aromatic carbocycles. The molecule has 0 bridgehead atoms. The predicted molar refractivity (Wildman–Crippen MR) is 96.1 cm³/mol. The van der Waals surface area contributed by atoms with E-state index < -0.39 is 0 Å². The number of guanidine groups is 1. The Morgan fingerprint density at radius 3 is 2.83 bits per heavy atom. The molecule has 1 aromatic rings. The third-order valence-corrected chi connectivity index (χ3v) is 4.14. The quantitative estimate of drug-likeness (QED) is 0.639. The summed E-state index contributed by atoms with van der Waals surface area (Å²) in [4.78, 5) is 17.8. The molecule has 1 heterocycles. The van der Waals surface area contributed by atoms with E-state index in [1.165, 1.54) is 11.1 Å². The number of nitrogens with one attached hydrogen (secondary N) is 1. The molecule has 1 amide bonds. The highest BCUT2D eigenvalue weighted by atomic mass is 16.6. The Balaban J connectivity index is 1.71. The second-order valence-corrected chi connectivity index (χ2v) is 6.11. The van der Waals surface area contributed by atoms with Gasteiger partial charge in [-0.1, -0.05) is 29.8 Å². The van der Waals surface area contributed by atoms with Gasteiger partial charge in [0.2, 0.25) is 0 Å². The molecule has 1 saturated heterocycles. The number of rotatable bonds is 5. The first-order chi connectivity index (χ1) is 11.6. The molecule has 3 N–H and O–H groups in total. The third-order valence-electron chi connectivity index (χ3n) is 4.14. The van der Waals surface area contributed by atoms with E-state index >= 15 is 0 Å². The number of carbonyl (C=O) groups is 1. The Kier molecular flexibility index (Phi) is 6.90. The van der Waals surface area contributed by atoms with E-state index in [2.05, 4.69) is 41.5 Å². The van der Waals surface area contributed by atoms with Crippen molar-refractivity contribution in [2.75, 3.05) is 26.2 Å². The summed E-state index contributed by atoms with van der Waals surface area (Å²) in [6.07, 6.45) is 2.36. The fraction of sp³-hybridized carbons (Fsp3) is 0.556. The number of piperidine rings is 1. The molecule has 0 radical (unpaired) electrons. The molecular formula is C18H28N4O2. The molecule has 6 heteroatoms. The minimum atomic E-state index is -0.226. The monoisotopic (exact) mass is 332 g/mol. The zero-order valence-corrected chi connectivity index (χ0v) is 14.6. The lowest BCUT2D eigenvalue weighted by atomic mass is 10.1. The fourth-order valence-electron chi connectivity index (χ4n) is 2.85. The van der Waals surface area contributed by atoms with Gasteiger partial charge in [0.25, 0.3) is 0 Å². The van der Waals surface area contributed by atoms with Gasteiger partial charge in [0, 0.05) is 25.7 Å². The fourth-order valence-corrected chi connectivity index (χ4v) is 2.85. The van der Waals surface area contributed by atoms with Crippen LogP contribution < -0.4 is 11.1 Å². The molecule has 0 atom stereocenters.